The Balaban J connectivity index is 1.84. The molecule has 5 heteroatoms. The fourth-order valence-corrected chi connectivity index (χ4v) is 2.48. The Morgan fingerprint density at radius 2 is 2.36 bits per heavy atom. The lowest BCUT2D eigenvalue weighted by atomic mass is 10.1. The van der Waals surface area contributed by atoms with Crippen LogP contribution in [0.3, 0.4) is 0 Å². The summed E-state index contributed by atoms with van der Waals surface area (Å²) in [7, 11) is 0. The highest BCUT2D eigenvalue weighted by Crippen LogP contribution is 2.22. The van der Waals surface area contributed by atoms with Crippen LogP contribution in [-0.2, 0) is 6.42 Å². The Morgan fingerprint density at radius 1 is 1.45 bits per heavy atom. The molecule has 0 saturated carbocycles. The molecular formula is C17H13ClN4. The van der Waals surface area contributed by atoms with Gasteiger partial charge in [-0.3, -0.25) is 5.10 Å². The SMILES string of the molecule is N#Cc1c(N=CC2=CCC=C2)n[nH]c1Cc1cccc(Cl)c1. The van der Waals surface area contributed by atoms with Crippen LogP contribution in [0, 0.1) is 11.3 Å². The number of hydrogen-bond donors (Lipinski definition) is 1. The van der Waals surface area contributed by atoms with Crippen molar-refractivity contribution in [1.29, 1.82) is 5.26 Å². The van der Waals surface area contributed by atoms with Crippen molar-refractivity contribution in [3.63, 3.8) is 0 Å². The summed E-state index contributed by atoms with van der Waals surface area (Å²) in [5.41, 5.74) is 3.26. The van der Waals surface area contributed by atoms with Crippen LogP contribution in [0.15, 0.2) is 53.1 Å². The van der Waals surface area contributed by atoms with E-state index < -0.39 is 0 Å². The van der Waals surface area contributed by atoms with E-state index in [-0.39, 0.29) is 0 Å². The number of halogens is 1. The first-order chi connectivity index (χ1) is 10.8. The third-order valence-corrected chi connectivity index (χ3v) is 3.57. The molecule has 2 aromatic rings. The molecule has 0 saturated heterocycles. The van der Waals surface area contributed by atoms with Gasteiger partial charge in [0.1, 0.15) is 11.6 Å². The number of rotatable bonds is 4. The Bertz CT molecular complexity index is 821. The zero-order valence-electron chi connectivity index (χ0n) is 11.8. The van der Waals surface area contributed by atoms with Gasteiger partial charge in [0.25, 0.3) is 0 Å². The molecular weight excluding hydrogens is 296 g/mol. The van der Waals surface area contributed by atoms with E-state index in [4.69, 9.17) is 11.6 Å². The maximum absolute atomic E-state index is 9.37. The van der Waals surface area contributed by atoms with Crippen LogP contribution < -0.4 is 0 Å². The Morgan fingerprint density at radius 3 is 3.09 bits per heavy atom. The zero-order valence-corrected chi connectivity index (χ0v) is 12.5. The quantitative estimate of drug-likeness (QED) is 0.864. The summed E-state index contributed by atoms with van der Waals surface area (Å²) in [5, 5.41) is 17.1. The second-order valence-corrected chi connectivity index (χ2v) is 5.36. The van der Waals surface area contributed by atoms with Gasteiger partial charge in [0.15, 0.2) is 5.82 Å². The zero-order chi connectivity index (χ0) is 15.4. The molecule has 0 amide bonds. The van der Waals surface area contributed by atoms with Crippen molar-refractivity contribution < 1.29 is 0 Å². The molecule has 1 heterocycles. The van der Waals surface area contributed by atoms with Crippen molar-refractivity contribution >= 4 is 23.6 Å². The smallest absolute Gasteiger partial charge is 0.191 e. The fraction of sp³-hybridized carbons (Fsp3) is 0.118. The molecule has 1 aromatic heterocycles. The predicted molar refractivity (Wildman–Crippen MR) is 87.6 cm³/mol. The minimum atomic E-state index is 0.417. The number of aromatic amines is 1. The standard InChI is InChI=1S/C17H13ClN4/c18-14-7-3-6-13(8-14)9-16-15(10-19)17(22-21-16)20-11-12-4-1-2-5-12/h1,3-8,11H,2,9H2,(H,21,22). The number of aromatic nitrogens is 2. The van der Waals surface area contributed by atoms with Crippen LogP contribution in [0.25, 0.3) is 0 Å². The first-order valence-electron chi connectivity index (χ1n) is 6.89. The van der Waals surface area contributed by atoms with Crippen LogP contribution in [-0.4, -0.2) is 16.4 Å². The third-order valence-electron chi connectivity index (χ3n) is 3.34. The van der Waals surface area contributed by atoms with Gasteiger partial charge in [-0.2, -0.15) is 10.4 Å². The van der Waals surface area contributed by atoms with Gasteiger partial charge >= 0.3 is 0 Å². The number of nitriles is 1. The molecule has 1 N–H and O–H groups in total. The minimum Gasteiger partial charge on any atom is -0.279 e. The molecule has 0 radical (unpaired) electrons. The second-order valence-electron chi connectivity index (χ2n) is 4.92. The molecule has 108 valence electrons. The molecule has 3 rings (SSSR count). The predicted octanol–water partition coefficient (Wildman–Crippen LogP) is 4.11. The van der Waals surface area contributed by atoms with Gasteiger partial charge in [-0.25, -0.2) is 4.99 Å². The van der Waals surface area contributed by atoms with Gasteiger partial charge < -0.3 is 0 Å². The number of H-pyrrole nitrogens is 1. The normalized spacial score (nSPS) is 13.5. The Labute approximate surface area is 133 Å². The molecule has 1 aliphatic rings. The largest absolute Gasteiger partial charge is 0.279 e. The number of benzene rings is 1. The lowest BCUT2D eigenvalue weighted by Gasteiger charge is -2.00. The molecule has 0 fully saturated rings. The van der Waals surface area contributed by atoms with Crippen molar-refractivity contribution in [2.45, 2.75) is 12.8 Å². The van der Waals surface area contributed by atoms with E-state index in [1.165, 1.54) is 0 Å². The number of hydrogen-bond acceptors (Lipinski definition) is 3. The number of nitrogens with one attached hydrogen (secondary N) is 1. The van der Waals surface area contributed by atoms with E-state index in [1.54, 1.807) is 6.21 Å². The van der Waals surface area contributed by atoms with Crippen LogP contribution in [0.4, 0.5) is 5.82 Å². The summed E-state index contributed by atoms with van der Waals surface area (Å²) < 4.78 is 0. The first kappa shape index (κ1) is 14.3. The van der Waals surface area contributed by atoms with Gasteiger partial charge in [-0.1, -0.05) is 42.0 Å². The van der Waals surface area contributed by atoms with Gasteiger partial charge in [0.05, 0.1) is 5.69 Å². The first-order valence-corrected chi connectivity index (χ1v) is 7.26. The molecule has 0 aliphatic heterocycles. The second kappa shape index (κ2) is 6.42. The average Bonchev–Trinajstić information content (AvgIpc) is 3.14. The van der Waals surface area contributed by atoms with Crippen molar-refractivity contribution in [2.75, 3.05) is 0 Å². The van der Waals surface area contributed by atoms with Gasteiger partial charge in [-0.05, 0) is 29.7 Å². The van der Waals surface area contributed by atoms with Crippen LogP contribution in [0.5, 0.6) is 0 Å². The van der Waals surface area contributed by atoms with E-state index in [0.29, 0.717) is 22.8 Å². The molecule has 1 aromatic carbocycles. The number of allylic oxidation sites excluding steroid dienone is 4. The van der Waals surface area contributed by atoms with Crippen molar-refractivity contribution in [3.8, 4) is 6.07 Å². The van der Waals surface area contributed by atoms with Gasteiger partial charge in [-0.15, -0.1) is 0 Å². The summed E-state index contributed by atoms with van der Waals surface area (Å²) in [4.78, 5) is 4.30. The molecule has 4 nitrogen and oxygen atoms in total. The number of aliphatic imine (C=N–C) groups is 1. The van der Waals surface area contributed by atoms with E-state index in [0.717, 1.165) is 23.3 Å². The highest BCUT2D eigenvalue weighted by atomic mass is 35.5. The minimum absolute atomic E-state index is 0.417. The molecule has 0 unspecified atom stereocenters. The summed E-state index contributed by atoms with van der Waals surface area (Å²) in [6.07, 6.45) is 9.33. The Kier molecular flexibility index (Phi) is 4.17. The molecule has 0 atom stereocenters. The van der Waals surface area contributed by atoms with E-state index >= 15 is 0 Å². The highest BCUT2D eigenvalue weighted by Gasteiger charge is 2.12. The van der Waals surface area contributed by atoms with Crippen molar-refractivity contribution in [3.05, 3.63) is 69.9 Å². The van der Waals surface area contributed by atoms with E-state index in [9.17, 15) is 5.26 Å². The van der Waals surface area contributed by atoms with Crippen molar-refractivity contribution in [2.24, 2.45) is 4.99 Å². The molecule has 0 bridgehead atoms. The van der Waals surface area contributed by atoms with E-state index in [2.05, 4.69) is 33.4 Å². The van der Waals surface area contributed by atoms with Crippen molar-refractivity contribution in [1.82, 2.24) is 10.2 Å². The maximum atomic E-state index is 9.37. The lowest BCUT2D eigenvalue weighted by Crippen LogP contribution is -1.91. The summed E-state index contributed by atoms with van der Waals surface area (Å²) in [6, 6.07) is 9.72. The summed E-state index contributed by atoms with van der Waals surface area (Å²) in [5.74, 6) is 0.417. The molecule has 22 heavy (non-hydrogen) atoms. The van der Waals surface area contributed by atoms with Gasteiger partial charge in [0.2, 0.25) is 0 Å². The van der Waals surface area contributed by atoms with Crippen LogP contribution >= 0.6 is 11.6 Å². The molecule has 0 spiro atoms. The lowest BCUT2D eigenvalue weighted by molar-refractivity contribution is 0.993. The molecule has 1 aliphatic carbocycles. The highest BCUT2D eigenvalue weighted by molar-refractivity contribution is 6.30. The fourth-order valence-electron chi connectivity index (χ4n) is 2.26. The van der Waals surface area contributed by atoms with Crippen LogP contribution in [0.2, 0.25) is 5.02 Å². The number of nitrogens with zero attached hydrogens (tertiary/aromatic N) is 3. The third kappa shape index (κ3) is 3.16. The topological polar surface area (TPSA) is 64.8 Å². The average molecular weight is 309 g/mol. The van der Waals surface area contributed by atoms with Crippen LogP contribution in [0.1, 0.15) is 23.2 Å². The maximum Gasteiger partial charge on any atom is 0.191 e. The summed E-state index contributed by atoms with van der Waals surface area (Å²) >= 11 is 5.99. The monoisotopic (exact) mass is 308 g/mol. The Hall–Kier alpha value is -2.64. The van der Waals surface area contributed by atoms with Gasteiger partial charge in [0, 0.05) is 17.7 Å². The van der Waals surface area contributed by atoms with E-state index in [1.807, 2.05) is 30.3 Å². The summed E-state index contributed by atoms with van der Waals surface area (Å²) in [6.45, 7) is 0.